The van der Waals surface area contributed by atoms with Crippen LogP contribution in [0.25, 0.3) is 0 Å². The number of rotatable bonds is 5. The Labute approximate surface area is 107 Å². The molecule has 1 N–H and O–H groups in total. The number of hydrogen-bond acceptors (Lipinski definition) is 2. The van der Waals surface area contributed by atoms with Crippen molar-refractivity contribution in [2.45, 2.75) is 32.6 Å². The zero-order valence-corrected chi connectivity index (χ0v) is 11.6. The molecule has 1 saturated carbocycles. The maximum atomic E-state index is 3.26. The molecular weight excluding hydrogens is 220 g/mol. The predicted molar refractivity (Wildman–Crippen MR) is 72.2 cm³/mol. The van der Waals surface area contributed by atoms with Gasteiger partial charge in [-0.15, -0.1) is 12.4 Å². The summed E-state index contributed by atoms with van der Waals surface area (Å²) in [7, 11) is 2.06. The van der Waals surface area contributed by atoms with Crippen LogP contribution in [0, 0.1) is 17.8 Å². The molecule has 1 saturated heterocycles. The Bertz CT molecular complexity index is 190. The van der Waals surface area contributed by atoms with Crippen LogP contribution in [0.2, 0.25) is 0 Å². The second-order valence-corrected chi connectivity index (χ2v) is 5.61. The molecule has 2 nitrogen and oxygen atoms in total. The van der Waals surface area contributed by atoms with E-state index in [1.54, 1.807) is 0 Å². The Balaban J connectivity index is 0.00000128. The van der Waals surface area contributed by atoms with Crippen molar-refractivity contribution >= 4 is 12.4 Å². The van der Waals surface area contributed by atoms with Gasteiger partial charge in [-0.1, -0.05) is 6.92 Å². The second kappa shape index (κ2) is 6.83. The third-order valence-electron chi connectivity index (χ3n) is 4.28. The maximum Gasteiger partial charge on any atom is 0.00123 e. The van der Waals surface area contributed by atoms with Crippen molar-refractivity contribution < 1.29 is 0 Å². The minimum Gasteiger partial charge on any atom is -0.320 e. The number of likely N-dealkylation sites (tertiary alicyclic amines) is 1. The van der Waals surface area contributed by atoms with E-state index in [1.807, 2.05) is 0 Å². The molecule has 0 spiro atoms. The first-order valence-electron chi connectivity index (χ1n) is 6.66. The molecule has 1 heterocycles. The van der Waals surface area contributed by atoms with Gasteiger partial charge in [0.1, 0.15) is 0 Å². The molecule has 2 unspecified atom stereocenters. The Hall–Kier alpha value is 0.210. The highest BCUT2D eigenvalue weighted by molar-refractivity contribution is 5.85. The third kappa shape index (κ3) is 4.23. The lowest BCUT2D eigenvalue weighted by atomic mass is 9.93. The van der Waals surface area contributed by atoms with Gasteiger partial charge in [-0.25, -0.2) is 0 Å². The van der Waals surface area contributed by atoms with Crippen LogP contribution in [0.3, 0.4) is 0 Å². The lowest BCUT2D eigenvalue weighted by Crippen LogP contribution is -2.36. The van der Waals surface area contributed by atoms with Crippen LogP contribution < -0.4 is 5.32 Å². The van der Waals surface area contributed by atoms with Gasteiger partial charge >= 0.3 is 0 Å². The van der Waals surface area contributed by atoms with Gasteiger partial charge in [-0.05, 0) is 70.1 Å². The molecule has 2 fully saturated rings. The highest BCUT2D eigenvalue weighted by Gasteiger charge is 2.34. The molecule has 1 aliphatic carbocycles. The van der Waals surface area contributed by atoms with E-state index in [0.717, 1.165) is 17.8 Å². The first kappa shape index (κ1) is 14.3. The van der Waals surface area contributed by atoms with E-state index in [4.69, 9.17) is 0 Å². The molecule has 0 radical (unpaired) electrons. The van der Waals surface area contributed by atoms with E-state index in [9.17, 15) is 0 Å². The first-order valence-corrected chi connectivity index (χ1v) is 6.66. The summed E-state index contributed by atoms with van der Waals surface area (Å²) in [5.41, 5.74) is 0. The van der Waals surface area contributed by atoms with Gasteiger partial charge < -0.3 is 10.2 Å². The Kier molecular flexibility index (Phi) is 6.09. The monoisotopic (exact) mass is 246 g/mol. The molecule has 0 amide bonds. The van der Waals surface area contributed by atoms with Crippen LogP contribution in [-0.2, 0) is 0 Å². The summed E-state index contributed by atoms with van der Waals surface area (Å²) in [4.78, 5) is 2.70. The van der Waals surface area contributed by atoms with Crippen LogP contribution in [0.1, 0.15) is 32.6 Å². The van der Waals surface area contributed by atoms with Gasteiger partial charge in [0.05, 0.1) is 0 Å². The van der Waals surface area contributed by atoms with Crippen molar-refractivity contribution in [3.05, 3.63) is 0 Å². The first-order chi connectivity index (χ1) is 7.29. The zero-order chi connectivity index (χ0) is 10.7. The molecule has 0 bridgehead atoms. The Morgan fingerprint density at radius 2 is 1.88 bits per heavy atom. The highest BCUT2D eigenvalue weighted by Crippen LogP contribution is 2.38. The quantitative estimate of drug-likeness (QED) is 0.802. The SMILES string of the molecule is CNCCC1CCN(CC2CC2C)CC1.Cl. The summed E-state index contributed by atoms with van der Waals surface area (Å²) >= 11 is 0. The Morgan fingerprint density at radius 3 is 2.38 bits per heavy atom. The van der Waals surface area contributed by atoms with Gasteiger partial charge in [0.2, 0.25) is 0 Å². The van der Waals surface area contributed by atoms with Crippen molar-refractivity contribution in [3.63, 3.8) is 0 Å². The molecule has 2 atom stereocenters. The predicted octanol–water partition coefficient (Wildman–Crippen LogP) is 2.39. The van der Waals surface area contributed by atoms with Crippen molar-refractivity contribution in [2.75, 3.05) is 33.2 Å². The smallest absolute Gasteiger partial charge is 0.00123 e. The summed E-state index contributed by atoms with van der Waals surface area (Å²) in [5, 5.41) is 3.26. The Morgan fingerprint density at radius 1 is 1.25 bits per heavy atom. The highest BCUT2D eigenvalue weighted by atomic mass is 35.5. The van der Waals surface area contributed by atoms with Gasteiger partial charge in [-0.3, -0.25) is 0 Å². The van der Waals surface area contributed by atoms with E-state index >= 15 is 0 Å². The van der Waals surface area contributed by atoms with E-state index in [-0.39, 0.29) is 12.4 Å². The largest absolute Gasteiger partial charge is 0.320 e. The van der Waals surface area contributed by atoms with E-state index in [2.05, 4.69) is 24.2 Å². The van der Waals surface area contributed by atoms with Gasteiger partial charge in [0.15, 0.2) is 0 Å². The van der Waals surface area contributed by atoms with E-state index in [0.29, 0.717) is 0 Å². The average Bonchev–Trinajstić information content (AvgIpc) is 2.93. The number of piperidine rings is 1. The molecule has 0 aromatic rings. The second-order valence-electron chi connectivity index (χ2n) is 5.61. The standard InChI is InChI=1S/C13H26N2.ClH/c1-11-9-13(11)10-15-7-4-12(5-8-15)3-6-14-2;/h11-14H,3-10H2,1-2H3;1H. The minimum atomic E-state index is 0. The van der Waals surface area contributed by atoms with Crippen molar-refractivity contribution in [1.82, 2.24) is 10.2 Å². The number of nitrogens with zero attached hydrogens (tertiary/aromatic N) is 1. The maximum absolute atomic E-state index is 3.26. The molecular formula is C13H27ClN2. The summed E-state index contributed by atoms with van der Waals surface area (Å²) < 4.78 is 0. The van der Waals surface area contributed by atoms with E-state index in [1.165, 1.54) is 51.9 Å². The summed E-state index contributed by atoms with van der Waals surface area (Å²) in [5.74, 6) is 3.05. The van der Waals surface area contributed by atoms with Crippen molar-refractivity contribution in [3.8, 4) is 0 Å². The number of nitrogens with one attached hydrogen (secondary N) is 1. The van der Waals surface area contributed by atoms with Crippen LogP contribution in [0.4, 0.5) is 0 Å². The fourth-order valence-corrected chi connectivity index (χ4v) is 2.79. The van der Waals surface area contributed by atoms with Gasteiger partial charge in [0, 0.05) is 6.54 Å². The summed E-state index contributed by atoms with van der Waals surface area (Å²) in [6.07, 6.45) is 5.73. The van der Waals surface area contributed by atoms with Crippen LogP contribution in [0.5, 0.6) is 0 Å². The molecule has 2 rings (SSSR count). The topological polar surface area (TPSA) is 15.3 Å². The van der Waals surface area contributed by atoms with Gasteiger partial charge in [-0.2, -0.15) is 0 Å². The van der Waals surface area contributed by atoms with Crippen LogP contribution in [-0.4, -0.2) is 38.1 Å². The average molecular weight is 247 g/mol. The molecule has 0 aromatic heterocycles. The molecule has 2 aliphatic rings. The lowest BCUT2D eigenvalue weighted by Gasteiger charge is -2.32. The fraction of sp³-hybridized carbons (Fsp3) is 1.00. The van der Waals surface area contributed by atoms with E-state index < -0.39 is 0 Å². The zero-order valence-electron chi connectivity index (χ0n) is 10.7. The lowest BCUT2D eigenvalue weighted by molar-refractivity contribution is 0.171. The summed E-state index contributed by atoms with van der Waals surface area (Å²) in [6.45, 7) is 7.70. The minimum absolute atomic E-state index is 0. The third-order valence-corrected chi connectivity index (χ3v) is 4.28. The molecule has 16 heavy (non-hydrogen) atoms. The van der Waals surface area contributed by atoms with Gasteiger partial charge in [0.25, 0.3) is 0 Å². The van der Waals surface area contributed by atoms with Crippen LogP contribution >= 0.6 is 12.4 Å². The molecule has 3 heteroatoms. The van der Waals surface area contributed by atoms with Crippen LogP contribution in [0.15, 0.2) is 0 Å². The molecule has 96 valence electrons. The molecule has 1 aliphatic heterocycles. The van der Waals surface area contributed by atoms with Crippen molar-refractivity contribution in [1.29, 1.82) is 0 Å². The fourth-order valence-electron chi connectivity index (χ4n) is 2.79. The normalized spacial score (nSPS) is 31.1. The number of halogens is 1. The molecule has 0 aromatic carbocycles. The summed E-state index contributed by atoms with van der Waals surface area (Å²) in [6, 6.07) is 0. The van der Waals surface area contributed by atoms with Crippen molar-refractivity contribution in [2.24, 2.45) is 17.8 Å². The number of hydrogen-bond donors (Lipinski definition) is 1.